The maximum atomic E-state index is 12.5. The fraction of sp³-hybridized carbons (Fsp3) is 0.235. The highest BCUT2D eigenvalue weighted by atomic mass is 16.5. The summed E-state index contributed by atoms with van der Waals surface area (Å²) in [5.74, 6) is 1.57. The molecule has 0 saturated heterocycles. The molecule has 0 radical (unpaired) electrons. The lowest BCUT2D eigenvalue weighted by molar-refractivity contribution is 0.103. The molecule has 2 aromatic rings. The summed E-state index contributed by atoms with van der Waals surface area (Å²) >= 11 is 0. The van der Waals surface area contributed by atoms with Crippen molar-refractivity contribution in [1.29, 1.82) is 0 Å². The minimum absolute atomic E-state index is 0.00139. The van der Waals surface area contributed by atoms with Crippen LogP contribution in [0.5, 0.6) is 11.5 Å². The molecule has 0 spiro atoms. The van der Waals surface area contributed by atoms with Gasteiger partial charge in [-0.15, -0.1) is 0 Å². The van der Waals surface area contributed by atoms with Gasteiger partial charge in [-0.3, -0.25) is 4.79 Å². The van der Waals surface area contributed by atoms with Crippen LogP contribution in [0.15, 0.2) is 36.4 Å². The zero-order valence-corrected chi connectivity index (χ0v) is 12.2. The number of hydrogen-bond acceptors (Lipinski definition) is 3. The van der Waals surface area contributed by atoms with Crippen molar-refractivity contribution in [2.24, 2.45) is 0 Å². The maximum absolute atomic E-state index is 12.5. The number of carbonyl (C=O) groups is 1. The Morgan fingerprint density at radius 2 is 1.20 bits per heavy atom. The van der Waals surface area contributed by atoms with Gasteiger partial charge in [0.05, 0.1) is 14.2 Å². The van der Waals surface area contributed by atoms with E-state index in [0.717, 1.165) is 22.6 Å². The summed E-state index contributed by atoms with van der Waals surface area (Å²) in [4.78, 5) is 12.5. The number of aryl methyl sites for hydroxylation is 2. The van der Waals surface area contributed by atoms with Crippen molar-refractivity contribution in [1.82, 2.24) is 0 Å². The van der Waals surface area contributed by atoms with Crippen molar-refractivity contribution >= 4 is 5.78 Å². The van der Waals surface area contributed by atoms with Crippen molar-refractivity contribution in [2.75, 3.05) is 14.2 Å². The first-order valence-corrected chi connectivity index (χ1v) is 6.40. The second kappa shape index (κ2) is 5.78. The second-order valence-corrected chi connectivity index (χ2v) is 4.70. The van der Waals surface area contributed by atoms with Gasteiger partial charge in [-0.2, -0.15) is 0 Å². The van der Waals surface area contributed by atoms with Crippen molar-refractivity contribution in [3.05, 3.63) is 58.7 Å². The Bertz CT molecular complexity index is 589. The number of hydrogen-bond donors (Lipinski definition) is 0. The molecule has 0 N–H and O–H groups in total. The van der Waals surface area contributed by atoms with Crippen LogP contribution in [0.1, 0.15) is 27.0 Å². The van der Waals surface area contributed by atoms with Gasteiger partial charge in [0.2, 0.25) is 0 Å². The van der Waals surface area contributed by atoms with Crippen molar-refractivity contribution in [3.63, 3.8) is 0 Å². The molecule has 0 aliphatic heterocycles. The molecule has 2 aromatic carbocycles. The Morgan fingerprint density at radius 1 is 0.800 bits per heavy atom. The summed E-state index contributed by atoms with van der Waals surface area (Å²) in [5.41, 5.74) is 3.22. The second-order valence-electron chi connectivity index (χ2n) is 4.70. The standard InChI is InChI=1S/C17H18O3/c1-11-9-13(5-7-15(11)19-3)17(18)14-6-8-16(20-4)12(2)10-14/h5-10H,1-4H3. The van der Waals surface area contributed by atoms with Crippen LogP contribution < -0.4 is 9.47 Å². The van der Waals surface area contributed by atoms with Crippen molar-refractivity contribution in [2.45, 2.75) is 13.8 Å². The highest BCUT2D eigenvalue weighted by Crippen LogP contribution is 2.23. The number of ether oxygens (including phenoxy) is 2. The predicted molar refractivity (Wildman–Crippen MR) is 78.9 cm³/mol. The first kappa shape index (κ1) is 14.1. The number of ketones is 1. The first-order valence-electron chi connectivity index (χ1n) is 6.40. The normalized spacial score (nSPS) is 10.2. The molecule has 0 bridgehead atoms. The third kappa shape index (κ3) is 2.67. The Labute approximate surface area is 119 Å². The lowest BCUT2D eigenvalue weighted by atomic mass is 9.99. The quantitative estimate of drug-likeness (QED) is 0.797. The van der Waals surface area contributed by atoms with Gasteiger partial charge >= 0.3 is 0 Å². The molecular weight excluding hydrogens is 252 g/mol. The highest BCUT2D eigenvalue weighted by molar-refractivity contribution is 6.09. The Balaban J connectivity index is 2.36. The minimum Gasteiger partial charge on any atom is -0.496 e. The van der Waals surface area contributed by atoms with Crippen LogP contribution >= 0.6 is 0 Å². The lowest BCUT2D eigenvalue weighted by Crippen LogP contribution is -2.03. The molecule has 0 aliphatic carbocycles. The molecule has 0 amide bonds. The molecule has 104 valence electrons. The average Bonchev–Trinajstić information content (AvgIpc) is 2.46. The van der Waals surface area contributed by atoms with Gasteiger partial charge in [0.1, 0.15) is 11.5 Å². The van der Waals surface area contributed by atoms with Gasteiger partial charge < -0.3 is 9.47 Å². The van der Waals surface area contributed by atoms with E-state index in [9.17, 15) is 4.79 Å². The van der Waals surface area contributed by atoms with Gasteiger partial charge in [0.15, 0.2) is 5.78 Å². The summed E-state index contributed by atoms with van der Waals surface area (Å²) in [6.45, 7) is 3.85. The van der Waals surface area contributed by atoms with Crippen LogP contribution in [0.25, 0.3) is 0 Å². The monoisotopic (exact) mass is 270 g/mol. The maximum Gasteiger partial charge on any atom is 0.193 e. The summed E-state index contributed by atoms with van der Waals surface area (Å²) in [7, 11) is 3.24. The summed E-state index contributed by atoms with van der Waals surface area (Å²) < 4.78 is 10.4. The molecular formula is C17H18O3. The van der Waals surface area contributed by atoms with E-state index >= 15 is 0 Å². The minimum atomic E-state index is 0.00139. The van der Waals surface area contributed by atoms with Crippen LogP contribution in [0.3, 0.4) is 0 Å². The van der Waals surface area contributed by atoms with Gasteiger partial charge in [0, 0.05) is 11.1 Å². The highest BCUT2D eigenvalue weighted by Gasteiger charge is 2.12. The summed E-state index contributed by atoms with van der Waals surface area (Å²) in [6, 6.07) is 10.9. The smallest absolute Gasteiger partial charge is 0.193 e. The zero-order chi connectivity index (χ0) is 14.7. The Kier molecular flexibility index (Phi) is 4.08. The van der Waals surface area contributed by atoms with Crippen molar-refractivity contribution < 1.29 is 14.3 Å². The summed E-state index contributed by atoms with van der Waals surface area (Å²) in [5, 5.41) is 0. The predicted octanol–water partition coefficient (Wildman–Crippen LogP) is 3.55. The molecule has 0 saturated carbocycles. The van der Waals surface area contributed by atoms with Gasteiger partial charge in [0.25, 0.3) is 0 Å². The van der Waals surface area contributed by atoms with Crippen LogP contribution in [0.2, 0.25) is 0 Å². The van der Waals surface area contributed by atoms with E-state index in [1.807, 2.05) is 38.1 Å². The van der Waals surface area contributed by atoms with E-state index in [2.05, 4.69) is 0 Å². The molecule has 0 fully saturated rings. The fourth-order valence-corrected chi connectivity index (χ4v) is 2.21. The van der Waals surface area contributed by atoms with E-state index in [-0.39, 0.29) is 5.78 Å². The van der Waals surface area contributed by atoms with E-state index in [1.165, 1.54) is 0 Å². The van der Waals surface area contributed by atoms with Crippen LogP contribution in [0.4, 0.5) is 0 Å². The summed E-state index contributed by atoms with van der Waals surface area (Å²) in [6.07, 6.45) is 0. The number of benzene rings is 2. The molecule has 3 nitrogen and oxygen atoms in total. The molecule has 0 aliphatic rings. The Morgan fingerprint density at radius 3 is 1.50 bits per heavy atom. The fourth-order valence-electron chi connectivity index (χ4n) is 2.21. The van der Waals surface area contributed by atoms with E-state index in [0.29, 0.717) is 11.1 Å². The first-order chi connectivity index (χ1) is 9.56. The van der Waals surface area contributed by atoms with Crippen LogP contribution in [-0.4, -0.2) is 20.0 Å². The lowest BCUT2D eigenvalue weighted by Gasteiger charge is -2.09. The number of methoxy groups -OCH3 is 2. The number of carbonyl (C=O) groups excluding carboxylic acids is 1. The average molecular weight is 270 g/mol. The van der Waals surface area contributed by atoms with E-state index < -0.39 is 0 Å². The molecule has 20 heavy (non-hydrogen) atoms. The van der Waals surface area contributed by atoms with Crippen LogP contribution in [0, 0.1) is 13.8 Å². The Hall–Kier alpha value is -2.29. The van der Waals surface area contributed by atoms with Crippen LogP contribution in [-0.2, 0) is 0 Å². The largest absolute Gasteiger partial charge is 0.496 e. The molecule has 0 atom stereocenters. The van der Waals surface area contributed by atoms with E-state index in [1.54, 1.807) is 26.4 Å². The molecule has 0 heterocycles. The van der Waals surface area contributed by atoms with Gasteiger partial charge in [-0.25, -0.2) is 0 Å². The van der Waals surface area contributed by atoms with Gasteiger partial charge in [-0.05, 0) is 61.4 Å². The van der Waals surface area contributed by atoms with Crippen molar-refractivity contribution in [3.8, 4) is 11.5 Å². The topological polar surface area (TPSA) is 35.5 Å². The SMILES string of the molecule is COc1ccc(C(=O)c2ccc(OC)c(C)c2)cc1C. The van der Waals surface area contributed by atoms with Gasteiger partial charge in [-0.1, -0.05) is 0 Å². The third-order valence-electron chi connectivity index (χ3n) is 3.31. The molecule has 3 heteroatoms. The molecule has 0 unspecified atom stereocenters. The zero-order valence-electron chi connectivity index (χ0n) is 12.2. The third-order valence-corrected chi connectivity index (χ3v) is 3.31. The molecule has 2 rings (SSSR count). The molecule has 0 aromatic heterocycles. The number of rotatable bonds is 4. The van der Waals surface area contributed by atoms with E-state index in [4.69, 9.17) is 9.47 Å².